The van der Waals surface area contributed by atoms with Crippen molar-refractivity contribution in [1.82, 2.24) is 4.90 Å². The molecule has 1 saturated heterocycles. The first kappa shape index (κ1) is 23.5. The van der Waals surface area contributed by atoms with Gasteiger partial charge in [0, 0.05) is 0 Å². The van der Waals surface area contributed by atoms with Gasteiger partial charge in [-0.2, -0.15) is 0 Å². The molecular weight excluding hydrogens is 418 g/mol. The first-order valence-electron chi connectivity index (χ1n) is 11.7. The first-order chi connectivity index (χ1) is 15.8. The van der Waals surface area contributed by atoms with Crippen molar-refractivity contribution in [3.05, 3.63) is 71.8 Å². The molecule has 6 nitrogen and oxygen atoms in total. The van der Waals surface area contributed by atoms with E-state index < -0.39 is 29.8 Å². The highest BCUT2D eigenvalue weighted by Crippen LogP contribution is 2.44. The van der Waals surface area contributed by atoms with Gasteiger partial charge in [0.25, 0.3) is 0 Å². The van der Waals surface area contributed by atoms with E-state index in [9.17, 15) is 14.7 Å². The average molecular weight is 452 g/mol. The zero-order valence-corrected chi connectivity index (χ0v) is 19.5. The van der Waals surface area contributed by atoms with Crippen LogP contribution in [-0.2, 0) is 27.3 Å². The minimum atomic E-state index is -0.822. The zero-order chi connectivity index (χ0) is 23.6. The van der Waals surface area contributed by atoms with Gasteiger partial charge in [-0.25, -0.2) is 9.69 Å². The van der Waals surface area contributed by atoms with Gasteiger partial charge >= 0.3 is 6.09 Å². The summed E-state index contributed by atoms with van der Waals surface area (Å²) in [7, 11) is 0. The van der Waals surface area contributed by atoms with Crippen LogP contribution in [0.25, 0.3) is 0 Å². The van der Waals surface area contributed by atoms with Crippen molar-refractivity contribution >= 4 is 12.0 Å². The van der Waals surface area contributed by atoms with Gasteiger partial charge in [-0.05, 0) is 49.7 Å². The highest BCUT2D eigenvalue weighted by molar-refractivity contribution is 5.95. The van der Waals surface area contributed by atoms with Gasteiger partial charge in [0.15, 0.2) is 0 Å². The number of hydrogen-bond acceptors (Lipinski definition) is 5. The lowest BCUT2D eigenvalue weighted by Gasteiger charge is -2.30. The van der Waals surface area contributed by atoms with Crippen LogP contribution in [0.4, 0.5) is 4.79 Å². The second-order valence-corrected chi connectivity index (χ2v) is 9.82. The number of imide groups is 1. The summed E-state index contributed by atoms with van der Waals surface area (Å²) in [4.78, 5) is 27.2. The third-order valence-electron chi connectivity index (χ3n) is 6.93. The number of hydrogen-bond donors (Lipinski definition) is 1. The van der Waals surface area contributed by atoms with E-state index in [-0.39, 0.29) is 17.7 Å². The molecule has 6 heteroatoms. The van der Waals surface area contributed by atoms with E-state index in [4.69, 9.17) is 9.47 Å². The normalized spacial score (nSPS) is 25.4. The number of ether oxygens (including phenoxy) is 2. The van der Waals surface area contributed by atoms with Crippen molar-refractivity contribution in [2.45, 2.75) is 58.0 Å². The Bertz CT molecular complexity index is 961. The highest BCUT2D eigenvalue weighted by atomic mass is 16.6. The van der Waals surface area contributed by atoms with Crippen LogP contribution in [-0.4, -0.2) is 46.4 Å². The number of carbonyl (C=O) groups is 2. The lowest BCUT2D eigenvalue weighted by atomic mass is 9.90. The summed E-state index contributed by atoms with van der Waals surface area (Å²) in [6.07, 6.45) is -0.134. The quantitative estimate of drug-likeness (QED) is 0.618. The van der Waals surface area contributed by atoms with Crippen LogP contribution in [0.5, 0.6) is 0 Å². The fourth-order valence-corrected chi connectivity index (χ4v) is 4.72. The summed E-state index contributed by atoms with van der Waals surface area (Å²) in [6, 6.07) is 19.3. The Labute approximate surface area is 195 Å². The Hall–Kier alpha value is -2.70. The molecule has 2 aromatic rings. The number of aliphatic hydroxyl groups excluding tert-OH is 1. The van der Waals surface area contributed by atoms with E-state index in [1.165, 1.54) is 4.90 Å². The van der Waals surface area contributed by atoms with E-state index in [1.54, 1.807) is 6.92 Å². The number of amides is 2. The minimum Gasteiger partial charge on any atom is -0.441 e. The first-order valence-corrected chi connectivity index (χ1v) is 11.7. The summed E-state index contributed by atoms with van der Waals surface area (Å²) in [5.41, 5.74) is 1.33. The molecule has 0 radical (unpaired) electrons. The predicted octanol–water partition coefficient (Wildman–Crippen LogP) is 4.21. The van der Waals surface area contributed by atoms with Gasteiger partial charge in [-0.15, -0.1) is 0 Å². The van der Waals surface area contributed by atoms with Gasteiger partial charge < -0.3 is 14.6 Å². The Balaban J connectivity index is 1.35. The number of rotatable bonds is 9. The van der Waals surface area contributed by atoms with E-state index in [1.807, 2.05) is 74.5 Å². The molecule has 2 fully saturated rings. The number of benzene rings is 2. The lowest BCUT2D eigenvalue weighted by molar-refractivity contribution is -0.137. The van der Waals surface area contributed by atoms with Crippen LogP contribution in [0.2, 0.25) is 0 Å². The summed E-state index contributed by atoms with van der Waals surface area (Å²) >= 11 is 0. The Morgan fingerprint density at radius 2 is 1.73 bits per heavy atom. The van der Waals surface area contributed by atoms with Crippen molar-refractivity contribution in [3.63, 3.8) is 0 Å². The molecule has 1 saturated carbocycles. The standard InChI is InChI=1S/C27H33NO5/c1-18(24(29)22-15-21(22)17-32-16-20-12-8-5-9-13-20)25(30)28-23(27(2,3)33-26(28)31)14-19-10-6-4-7-11-19/h4-13,18,21-24,29H,14-17H2,1-3H3/t18-,21+,22-,23-,24-/m0/s1. The molecule has 1 heterocycles. The predicted molar refractivity (Wildman–Crippen MR) is 124 cm³/mol. The van der Waals surface area contributed by atoms with Crippen molar-refractivity contribution in [1.29, 1.82) is 0 Å². The Morgan fingerprint density at radius 1 is 1.12 bits per heavy atom. The third kappa shape index (κ3) is 5.28. The molecule has 0 bridgehead atoms. The van der Waals surface area contributed by atoms with Crippen molar-refractivity contribution in [3.8, 4) is 0 Å². The van der Waals surface area contributed by atoms with Gasteiger partial charge in [0.05, 0.1) is 31.3 Å². The maximum absolute atomic E-state index is 13.4. The molecule has 5 atom stereocenters. The molecule has 2 aliphatic rings. The molecule has 0 unspecified atom stereocenters. The minimum absolute atomic E-state index is 0.000990. The van der Waals surface area contributed by atoms with Crippen molar-refractivity contribution in [2.24, 2.45) is 17.8 Å². The van der Waals surface area contributed by atoms with Crippen molar-refractivity contribution < 1.29 is 24.2 Å². The molecule has 33 heavy (non-hydrogen) atoms. The highest BCUT2D eigenvalue weighted by Gasteiger charge is 2.53. The summed E-state index contributed by atoms with van der Waals surface area (Å²) < 4.78 is 11.4. The fraction of sp³-hybridized carbons (Fsp3) is 0.481. The van der Waals surface area contributed by atoms with E-state index >= 15 is 0 Å². The fourth-order valence-electron chi connectivity index (χ4n) is 4.72. The molecule has 4 rings (SSSR count). The maximum atomic E-state index is 13.4. The van der Waals surface area contributed by atoms with Gasteiger partial charge in [-0.1, -0.05) is 67.6 Å². The smallest absolute Gasteiger partial charge is 0.417 e. The average Bonchev–Trinajstić information content (AvgIpc) is 3.53. The monoisotopic (exact) mass is 451 g/mol. The van der Waals surface area contributed by atoms with Gasteiger partial charge in [-0.3, -0.25) is 4.79 Å². The van der Waals surface area contributed by atoms with Gasteiger partial charge in [0.2, 0.25) is 5.91 Å². The zero-order valence-electron chi connectivity index (χ0n) is 19.5. The molecular formula is C27H33NO5. The summed E-state index contributed by atoms with van der Waals surface area (Å²) in [6.45, 7) is 6.44. The summed E-state index contributed by atoms with van der Waals surface area (Å²) in [5.74, 6) is -0.858. The Morgan fingerprint density at radius 3 is 2.36 bits per heavy atom. The van der Waals surface area contributed by atoms with Crippen LogP contribution in [0.3, 0.4) is 0 Å². The molecule has 2 amide bonds. The number of carbonyl (C=O) groups excluding carboxylic acids is 2. The van der Waals surface area contributed by atoms with Gasteiger partial charge in [0.1, 0.15) is 5.60 Å². The molecule has 1 aliphatic heterocycles. The summed E-state index contributed by atoms with van der Waals surface area (Å²) in [5, 5.41) is 10.9. The maximum Gasteiger partial charge on any atom is 0.417 e. The van der Waals surface area contributed by atoms with Crippen LogP contribution in [0.15, 0.2) is 60.7 Å². The molecule has 0 spiro atoms. The van der Waals surface area contributed by atoms with Crippen molar-refractivity contribution in [2.75, 3.05) is 6.61 Å². The molecule has 2 aromatic carbocycles. The lowest BCUT2D eigenvalue weighted by Crippen LogP contribution is -2.49. The SMILES string of the molecule is C[C@H](C(=O)N1C(=O)OC(C)(C)[C@@H]1Cc1ccccc1)[C@H](O)[C@H]1C[C@@H]1COCc1ccccc1. The largest absolute Gasteiger partial charge is 0.441 e. The number of nitrogens with zero attached hydrogens (tertiary/aromatic N) is 1. The van der Waals surface area contributed by atoms with E-state index in [0.717, 1.165) is 17.5 Å². The second-order valence-electron chi connectivity index (χ2n) is 9.82. The molecule has 1 aliphatic carbocycles. The van der Waals surface area contributed by atoms with Crippen LogP contribution >= 0.6 is 0 Å². The second kappa shape index (κ2) is 9.65. The molecule has 176 valence electrons. The van der Waals surface area contributed by atoms with Crippen LogP contribution in [0.1, 0.15) is 38.3 Å². The van der Waals surface area contributed by atoms with Crippen LogP contribution < -0.4 is 0 Å². The van der Waals surface area contributed by atoms with Crippen LogP contribution in [0, 0.1) is 17.8 Å². The molecule has 0 aromatic heterocycles. The van der Waals surface area contributed by atoms with E-state index in [2.05, 4.69) is 0 Å². The number of cyclic esters (lactones) is 1. The van der Waals surface area contributed by atoms with E-state index in [0.29, 0.717) is 19.6 Å². The number of aliphatic hydroxyl groups is 1. The third-order valence-corrected chi connectivity index (χ3v) is 6.93. The Kier molecular flexibility index (Phi) is 6.86. The molecule has 1 N–H and O–H groups in total. The topological polar surface area (TPSA) is 76.1 Å².